The fourth-order valence-electron chi connectivity index (χ4n) is 3.22. The Hall–Kier alpha value is -2.02. The van der Waals surface area contributed by atoms with Gasteiger partial charge in [-0.2, -0.15) is 5.10 Å². The molecule has 1 fully saturated rings. The SMILES string of the molecule is CCn1cc(S(=O)(=O)N2CCN(CC3CC3)c3ccccc32)cn1. The quantitative estimate of drug-likeness (QED) is 0.834. The van der Waals surface area contributed by atoms with E-state index < -0.39 is 10.0 Å². The normalized spacial score (nSPS) is 17.9. The predicted octanol–water partition coefficient (Wildman–Crippen LogP) is 2.33. The van der Waals surface area contributed by atoms with Gasteiger partial charge in [-0.25, -0.2) is 8.42 Å². The van der Waals surface area contributed by atoms with Gasteiger partial charge in [0, 0.05) is 25.8 Å². The minimum Gasteiger partial charge on any atom is -0.368 e. The number of aryl methyl sites for hydroxylation is 1. The van der Waals surface area contributed by atoms with E-state index in [1.54, 1.807) is 10.9 Å². The van der Waals surface area contributed by atoms with Crippen LogP contribution in [0.4, 0.5) is 11.4 Å². The van der Waals surface area contributed by atoms with Crippen LogP contribution >= 0.6 is 0 Å². The summed E-state index contributed by atoms with van der Waals surface area (Å²) in [5, 5.41) is 4.11. The average Bonchev–Trinajstić information content (AvgIpc) is 3.26. The van der Waals surface area contributed by atoms with Crippen LogP contribution in [-0.4, -0.2) is 37.8 Å². The Morgan fingerprint density at radius 2 is 1.92 bits per heavy atom. The number of fused-ring (bicyclic) bond motifs is 1. The van der Waals surface area contributed by atoms with E-state index >= 15 is 0 Å². The molecule has 2 aromatic rings. The lowest BCUT2D eigenvalue weighted by atomic mass is 10.2. The van der Waals surface area contributed by atoms with Gasteiger partial charge in [0.1, 0.15) is 4.90 Å². The summed E-state index contributed by atoms with van der Waals surface area (Å²) in [5.74, 6) is 0.768. The summed E-state index contributed by atoms with van der Waals surface area (Å²) in [6.07, 6.45) is 5.63. The van der Waals surface area contributed by atoms with Gasteiger partial charge in [0.2, 0.25) is 0 Å². The first-order valence-electron chi connectivity index (χ1n) is 8.49. The lowest BCUT2D eigenvalue weighted by Crippen LogP contribution is -2.44. The summed E-state index contributed by atoms with van der Waals surface area (Å²) >= 11 is 0. The maximum absolute atomic E-state index is 13.1. The summed E-state index contributed by atoms with van der Waals surface area (Å²) < 4.78 is 29.3. The maximum Gasteiger partial charge on any atom is 0.267 e. The molecule has 0 unspecified atom stereocenters. The predicted molar refractivity (Wildman–Crippen MR) is 93.8 cm³/mol. The molecule has 0 spiro atoms. The molecule has 2 aliphatic rings. The highest BCUT2D eigenvalue weighted by atomic mass is 32.2. The van der Waals surface area contributed by atoms with Gasteiger partial charge in [-0.05, 0) is 37.8 Å². The second-order valence-corrected chi connectivity index (χ2v) is 8.35. The molecule has 2 heterocycles. The fraction of sp³-hybridized carbons (Fsp3) is 0.471. The molecule has 0 amide bonds. The topological polar surface area (TPSA) is 58.4 Å². The zero-order chi connectivity index (χ0) is 16.7. The van der Waals surface area contributed by atoms with Gasteiger partial charge in [-0.3, -0.25) is 8.99 Å². The van der Waals surface area contributed by atoms with Crippen molar-refractivity contribution in [2.75, 3.05) is 28.8 Å². The fourth-order valence-corrected chi connectivity index (χ4v) is 4.65. The van der Waals surface area contributed by atoms with Gasteiger partial charge >= 0.3 is 0 Å². The zero-order valence-corrected chi connectivity index (χ0v) is 14.6. The van der Waals surface area contributed by atoms with Gasteiger partial charge in [0.05, 0.1) is 24.1 Å². The highest BCUT2D eigenvalue weighted by Crippen LogP contribution is 2.39. The number of hydrogen-bond acceptors (Lipinski definition) is 4. The molecule has 0 radical (unpaired) electrons. The summed E-state index contributed by atoms with van der Waals surface area (Å²) in [6.45, 7) is 4.83. The molecule has 1 aromatic heterocycles. The van der Waals surface area contributed by atoms with Crippen molar-refractivity contribution in [3.8, 4) is 0 Å². The highest BCUT2D eigenvalue weighted by molar-refractivity contribution is 7.92. The second-order valence-electron chi connectivity index (χ2n) is 6.49. The third kappa shape index (κ3) is 2.66. The molecule has 7 heteroatoms. The van der Waals surface area contributed by atoms with E-state index in [1.807, 2.05) is 31.2 Å². The number of hydrogen-bond donors (Lipinski definition) is 0. The monoisotopic (exact) mass is 346 g/mol. The molecule has 0 bridgehead atoms. The molecule has 1 aliphatic heterocycles. The van der Waals surface area contributed by atoms with Crippen molar-refractivity contribution in [2.45, 2.75) is 31.2 Å². The molecular formula is C17H22N4O2S. The van der Waals surface area contributed by atoms with Crippen LogP contribution in [0.25, 0.3) is 0 Å². The summed E-state index contributed by atoms with van der Waals surface area (Å²) in [7, 11) is -3.58. The summed E-state index contributed by atoms with van der Waals surface area (Å²) in [4.78, 5) is 2.59. The van der Waals surface area contributed by atoms with Crippen LogP contribution in [0.3, 0.4) is 0 Å². The van der Waals surface area contributed by atoms with E-state index in [1.165, 1.54) is 23.3 Å². The third-order valence-electron chi connectivity index (χ3n) is 4.76. The molecule has 1 aromatic carbocycles. The molecule has 0 N–H and O–H groups in total. The van der Waals surface area contributed by atoms with E-state index in [9.17, 15) is 8.42 Å². The van der Waals surface area contributed by atoms with Crippen LogP contribution < -0.4 is 9.21 Å². The van der Waals surface area contributed by atoms with Crippen molar-refractivity contribution in [1.82, 2.24) is 9.78 Å². The minimum absolute atomic E-state index is 0.259. The zero-order valence-electron chi connectivity index (χ0n) is 13.8. The van der Waals surface area contributed by atoms with Crippen LogP contribution in [-0.2, 0) is 16.6 Å². The van der Waals surface area contributed by atoms with Crippen molar-refractivity contribution >= 4 is 21.4 Å². The number of nitrogens with zero attached hydrogens (tertiary/aromatic N) is 4. The van der Waals surface area contributed by atoms with E-state index in [0.29, 0.717) is 13.1 Å². The van der Waals surface area contributed by atoms with Crippen molar-refractivity contribution in [3.63, 3.8) is 0 Å². The van der Waals surface area contributed by atoms with Crippen molar-refractivity contribution < 1.29 is 8.42 Å². The molecule has 6 nitrogen and oxygen atoms in total. The largest absolute Gasteiger partial charge is 0.368 e. The number of sulfonamides is 1. The van der Waals surface area contributed by atoms with E-state index in [2.05, 4.69) is 10.00 Å². The molecular weight excluding hydrogens is 324 g/mol. The number of para-hydroxylation sites is 2. The Morgan fingerprint density at radius 3 is 2.58 bits per heavy atom. The first-order valence-corrected chi connectivity index (χ1v) is 9.93. The van der Waals surface area contributed by atoms with Crippen molar-refractivity contribution in [3.05, 3.63) is 36.7 Å². The molecule has 0 saturated heterocycles. The van der Waals surface area contributed by atoms with Crippen molar-refractivity contribution in [2.24, 2.45) is 5.92 Å². The lowest BCUT2D eigenvalue weighted by molar-refractivity contribution is 0.586. The van der Waals surface area contributed by atoms with Crippen LogP contribution in [0.5, 0.6) is 0 Å². The van der Waals surface area contributed by atoms with Crippen LogP contribution in [0.2, 0.25) is 0 Å². The number of anilines is 2. The molecule has 0 atom stereocenters. The first-order chi connectivity index (χ1) is 11.6. The Morgan fingerprint density at radius 1 is 1.17 bits per heavy atom. The average molecular weight is 346 g/mol. The third-order valence-corrected chi connectivity index (χ3v) is 6.53. The van der Waals surface area contributed by atoms with Crippen LogP contribution in [0.15, 0.2) is 41.6 Å². The van der Waals surface area contributed by atoms with Crippen LogP contribution in [0.1, 0.15) is 19.8 Å². The highest BCUT2D eigenvalue weighted by Gasteiger charge is 2.34. The Kier molecular flexibility index (Phi) is 3.75. The molecule has 128 valence electrons. The minimum atomic E-state index is -3.58. The lowest BCUT2D eigenvalue weighted by Gasteiger charge is -2.38. The van der Waals surface area contributed by atoms with Gasteiger partial charge in [0.15, 0.2) is 0 Å². The Labute approximate surface area is 142 Å². The van der Waals surface area contributed by atoms with Gasteiger partial charge in [-0.15, -0.1) is 0 Å². The van der Waals surface area contributed by atoms with Gasteiger partial charge in [-0.1, -0.05) is 12.1 Å². The van der Waals surface area contributed by atoms with E-state index in [4.69, 9.17) is 0 Å². The summed E-state index contributed by atoms with van der Waals surface area (Å²) in [6, 6.07) is 7.80. The van der Waals surface area contributed by atoms with E-state index in [-0.39, 0.29) is 4.90 Å². The van der Waals surface area contributed by atoms with Crippen molar-refractivity contribution in [1.29, 1.82) is 0 Å². The molecule has 1 aliphatic carbocycles. The van der Waals surface area contributed by atoms with E-state index in [0.717, 1.165) is 30.4 Å². The second kappa shape index (κ2) is 5.81. The Balaban J connectivity index is 1.70. The molecule has 24 heavy (non-hydrogen) atoms. The van der Waals surface area contributed by atoms with Crippen LogP contribution in [0, 0.1) is 5.92 Å². The number of rotatable bonds is 5. The standard InChI is InChI=1S/C17H22N4O2S/c1-2-20-13-15(11-18-20)24(22,23)21-10-9-19(12-14-7-8-14)16-5-3-4-6-17(16)21/h3-6,11,13-14H,2,7-10,12H2,1H3. The number of benzene rings is 1. The number of aromatic nitrogens is 2. The van der Waals surface area contributed by atoms with Gasteiger partial charge < -0.3 is 4.90 Å². The first kappa shape index (κ1) is 15.5. The summed E-state index contributed by atoms with van der Waals surface area (Å²) in [5.41, 5.74) is 1.79. The van der Waals surface area contributed by atoms with Gasteiger partial charge in [0.25, 0.3) is 10.0 Å². The molecule has 1 saturated carbocycles. The molecule has 4 rings (SSSR count). The maximum atomic E-state index is 13.1. The smallest absolute Gasteiger partial charge is 0.267 e. The Bertz CT molecular complexity index is 842.